The fraction of sp³-hybridized carbons (Fsp3) is 0.786. The van der Waals surface area contributed by atoms with Crippen LogP contribution in [0.3, 0.4) is 0 Å². The summed E-state index contributed by atoms with van der Waals surface area (Å²) in [6.07, 6.45) is 2.33. The predicted molar refractivity (Wildman–Crippen MR) is 75.7 cm³/mol. The van der Waals surface area contributed by atoms with Crippen molar-refractivity contribution in [2.45, 2.75) is 44.1 Å². The molecular weight excluding hydrogens is 276 g/mol. The number of carbonyl (C=O) groups is 3. The first-order valence-electron chi connectivity index (χ1n) is 7.18. The van der Waals surface area contributed by atoms with Crippen LogP contribution in [0.4, 0.5) is 0 Å². The van der Waals surface area contributed by atoms with Crippen LogP contribution in [0, 0.1) is 0 Å². The zero-order valence-electron chi connectivity index (χ0n) is 12.7. The van der Waals surface area contributed by atoms with Crippen molar-refractivity contribution in [2.24, 2.45) is 0 Å². The van der Waals surface area contributed by atoms with Gasteiger partial charge >= 0.3 is 5.97 Å². The van der Waals surface area contributed by atoms with E-state index >= 15 is 0 Å². The van der Waals surface area contributed by atoms with Crippen LogP contribution in [0.25, 0.3) is 0 Å². The summed E-state index contributed by atoms with van der Waals surface area (Å²) in [5.41, 5.74) is -0.510. The van der Waals surface area contributed by atoms with E-state index in [4.69, 9.17) is 9.84 Å². The number of methoxy groups -OCH3 is 1. The summed E-state index contributed by atoms with van der Waals surface area (Å²) in [5.74, 6) is -1.20. The molecule has 1 fully saturated rings. The van der Waals surface area contributed by atoms with Crippen LogP contribution in [0.2, 0.25) is 0 Å². The molecule has 1 heterocycles. The Balaban J connectivity index is 2.60. The van der Waals surface area contributed by atoms with Crippen LogP contribution in [0.15, 0.2) is 0 Å². The Morgan fingerprint density at radius 2 is 2.00 bits per heavy atom. The van der Waals surface area contributed by atoms with E-state index in [0.29, 0.717) is 25.9 Å². The Bertz CT molecular complexity index is 399. The lowest BCUT2D eigenvalue weighted by atomic mass is 9.87. The number of nitrogens with one attached hydrogen (secondary N) is 1. The molecule has 1 aliphatic heterocycles. The summed E-state index contributed by atoms with van der Waals surface area (Å²) in [7, 11) is 3.18. The number of carboxylic acid groups (broad SMARTS) is 1. The smallest absolute Gasteiger partial charge is 0.303 e. The maximum Gasteiger partial charge on any atom is 0.303 e. The van der Waals surface area contributed by atoms with Crippen LogP contribution in [0.5, 0.6) is 0 Å². The van der Waals surface area contributed by atoms with Crippen molar-refractivity contribution < 1.29 is 24.2 Å². The second kappa shape index (κ2) is 7.97. The highest BCUT2D eigenvalue weighted by atomic mass is 16.5. The highest BCUT2D eigenvalue weighted by molar-refractivity contribution is 5.81. The molecule has 0 radical (unpaired) electrons. The van der Waals surface area contributed by atoms with Crippen molar-refractivity contribution >= 4 is 17.8 Å². The zero-order valence-corrected chi connectivity index (χ0v) is 12.7. The number of hydrogen-bond donors (Lipinski definition) is 2. The highest BCUT2D eigenvalue weighted by Crippen LogP contribution is 2.29. The van der Waals surface area contributed by atoms with E-state index < -0.39 is 11.6 Å². The minimum Gasteiger partial charge on any atom is -0.481 e. The molecule has 0 aromatic heterocycles. The minimum atomic E-state index is -0.974. The largest absolute Gasteiger partial charge is 0.481 e. The average molecular weight is 300 g/mol. The molecule has 0 bridgehead atoms. The molecule has 1 aliphatic rings. The van der Waals surface area contributed by atoms with Crippen LogP contribution in [-0.2, 0) is 19.1 Å². The Morgan fingerprint density at radius 3 is 2.57 bits per heavy atom. The van der Waals surface area contributed by atoms with Gasteiger partial charge in [0.05, 0.1) is 12.0 Å². The Labute approximate surface area is 124 Å². The Hall–Kier alpha value is -1.63. The molecule has 21 heavy (non-hydrogen) atoms. The van der Waals surface area contributed by atoms with Crippen LogP contribution in [0.1, 0.15) is 38.5 Å². The molecule has 0 saturated carbocycles. The van der Waals surface area contributed by atoms with E-state index in [1.807, 2.05) is 0 Å². The fourth-order valence-corrected chi connectivity index (χ4v) is 2.62. The number of likely N-dealkylation sites (tertiary alicyclic amines) is 1. The van der Waals surface area contributed by atoms with E-state index in [9.17, 15) is 14.4 Å². The number of piperidine rings is 1. The molecule has 7 heteroatoms. The molecule has 0 spiro atoms. The van der Waals surface area contributed by atoms with Gasteiger partial charge in [-0.05, 0) is 19.3 Å². The predicted octanol–water partition coefficient (Wildman–Crippen LogP) is 0.385. The zero-order chi connectivity index (χ0) is 15.9. The van der Waals surface area contributed by atoms with Crippen molar-refractivity contribution in [3.05, 3.63) is 0 Å². The SMILES string of the molecule is CNC(=O)CC[C@]1(OC)CCCN(C(=O)CCC(=O)O)C1. The Morgan fingerprint density at radius 1 is 1.29 bits per heavy atom. The summed E-state index contributed by atoms with van der Waals surface area (Å²) in [6.45, 7) is 1.03. The van der Waals surface area contributed by atoms with Gasteiger partial charge in [0.2, 0.25) is 11.8 Å². The van der Waals surface area contributed by atoms with Gasteiger partial charge in [0.1, 0.15) is 0 Å². The maximum absolute atomic E-state index is 12.0. The van der Waals surface area contributed by atoms with Crippen molar-refractivity contribution in [1.82, 2.24) is 10.2 Å². The maximum atomic E-state index is 12.0. The highest BCUT2D eigenvalue weighted by Gasteiger charge is 2.37. The number of nitrogens with zero attached hydrogens (tertiary/aromatic N) is 1. The van der Waals surface area contributed by atoms with Crippen LogP contribution >= 0.6 is 0 Å². The average Bonchev–Trinajstić information content (AvgIpc) is 2.50. The van der Waals surface area contributed by atoms with Crippen molar-refractivity contribution in [3.8, 4) is 0 Å². The van der Waals surface area contributed by atoms with Gasteiger partial charge in [-0.25, -0.2) is 0 Å². The number of carboxylic acids is 1. The number of amides is 2. The van der Waals surface area contributed by atoms with E-state index in [0.717, 1.165) is 12.8 Å². The number of rotatable bonds is 7. The first kappa shape index (κ1) is 17.4. The molecule has 1 rings (SSSR count). The van der Waals surface area contributed by atoms with Crippen molar-refractivity contribution in [1.29, 1.82) is 0 Å². The van der Waals surface area contributed by atoms with Crippen molar-refractivity contribution in [3.63, 3.8) is 0 Å². The number of hydrogen-bond acceptors (Lipinski definition) is 4. The normalized spacial score (nSPS) is 21.9. The Kier molecular flexibility index (Phi) is 6.61. The van der Waals surface area contributed by atoms with Gasteiger partial charge in [0.25, 0.3) is 0 Å². The summed E-state index contributed by atoms with van der Waals surface area (Å²) < 4.78 is 5.59. The molecule has 1 saturated heterocycles. The first-order valence-corrected chi connectivity index (χ1v) is 7.18. The standard InChI is InChI=1S/C14H24N2O5/c1-15-11(17)6-8-14(21-2)7-3-9-16(10-14)12(18)4-5-13(19)20/h3-10H2,1-2H3,(H,15,17)(H,19,20)/t14-/m1/s1. The molecule has 120 valence electrons. The molecule has 2 amide bonds. The molecule has 2 N–H and O–H groups in total. The third kappa shape index (κ3) is 5.34. The summed E-state index contributed by atoms with van der Waals surface area (Å²) in [6, 6.07) is 0. The second-order valence-electron chi connectivity index (χ2n) is 5.37. The monoisotopic (exact) mass is 300 g/mol. The summed E-state index contributed by atoms with van der Waals surface area (Å²) in [5, 5.41) is 11.2. The topological polar surface area (TPSA) is 95.9 Å². The van der Waals surface area contributed by atoms with Crippen molar-refractivity contribution in [2.75, 3.05) is 27.2 Å². The molecular formula is C14H24N2O5. The lowest BCUT2D eigenvalue weighted by molar-refractivity contribution is -0.145. The van der Waals surface area contributed by atoms with Gasteiger partial charge in [-0.2, -0.15) is 0 Å². The van der Waals surface area contributed by atoms with Crippen LogP contribution < -0.4 is 5.32 Å². The van der Waals surface area contributed by atoms with Gasteiger partial charge in [-0.3, -0.25) is 14.4 Å². The summed E-state index contributed by atoms with van der Waals surface area (Å²) >= 11 is 0. The van der Waals surface area contributed by atoms with Gasteiger partial charge in [-0.1, -0.05) is 0 Å². The third-order valence-corrected chi connectivity index (χ3v) is 3.96. The number of ether oxygens (including phenoxy) is 1. The molecule has 7 nitrogen and oxygen atoms in total. The first-order chi connectivity index (χ1) is 9.92. The van der Waals surface area contributed by atoms with E-state index in [-0.39, 0.29) is 24.7 Å². The molecule has 0 aromatic rings. The summed E-state index contributed by atoms with van der Waals surface area (Å²) in [4.78, 5) is 35.6. The fourth-order valence-electron chi connectivity index (χ4n) is 2.62. The number of aliphatic carboxylic acids is 1. The second-order valence-corrected chi connectivity index (χ2v) is 5.37. The van der Waals surface area contributed by atoms with E-state index in [2.05, 4.69) is 5.32 Å². The molecule has 0 unspecified atom stereocenters. The molecule has 0 aromatic carbocycles. The lowest BCUT2D eigenvalue weighted by Gasteiger charge is -2.42. The molecule has 1 atom stereocenters. The lowest BCUT2D eigenvalue weighted by Crippen LogP contribution is -2.51. The van der Waals surface area contributed by atoms with Gasteiger partial charge in [0, 0.05) is 40.1 Å². The molecule has 0 aliphatic carbocycles. The van der Waals surface area contributed by atoms with Gasteiger partial charge < -0.3 is 20.1 Å². The quantitative estimate of drug-likeness (QED) is 0.709. The third-order valence-electron chi connectivity index (χ3n) is 3.96. The van der Waals surface area contributed by atoms with Crippen LogP contribution in [-0.4, -0.2) is 60.6 Å². The van der Waals surface area contributed by atoms with E-state index in [1.54, 1.807) is 19.1 Å². The minimum absolute atomic E-state index is 0.00454. The van der Waals surface area contributed by atoms with Gasteiger partial charge in [0.15, 0.2) is 0 Å². The van der Waals surface area contributed by atoms with E-state index in [1.165, 1.54) is 0 Å². The van der Waals surface area contributed by atoms with Gasteiger partial charge in [-0.15, -0.1) is 0 Å². The number of carbonyl (C=O) groups excluding carboxylic acids is 2.